The minimum absolute atomic E-state index is 0.303. The van der Waals surface area contributed by atoms with Crippen LogP contribution in [0.4, 0.5) is 0 Å². The molecule has 0 bridgehead atoms. The highest BCUT2D eigenvalue weighted by Gasteiger charge is 2.64. The molecule has 0 atom stereocenters. The van der Waals surface area contributed by atoms with Crippen LogP contribution in [0, 0.1) is 10.8 Å². The number of aromatic carboxylic acids is 1. The number of nitrogens with one attached hydrogen (secondary N) is 1. The van der Waals surface area contributed by atoms with E-state index < -0.39 is 5.97 Å². The monoisotopic (exact) mass is 247 g/mol. The maximum atomic E-state index is 10.9. The second-order valence-corrected chi connectivity index (χ2v) is 6.26. The number of benzene rings is 1. The first-order chi connectivity index (χ1) is 8.26. The second-order valence-electron chi connectivity index (χ2n) is 6.26. The molecule has 1 aromatic rings. The summed E-state index contributed by atoms with van der Waals surface area (Å²) in [6.45, 7) is 9.77. The van der Waals surface area contributed by atoms with Gasteiger partial charge in [0.25, 0.3) is 0 Å². The molecule has 0 spiro atoms. The smallest absolute Gasteiger partial charge is 0.335 e. The van der Waals surface area contributed by atoms with Crippen LogP contribution >= 0.6 is 0 Å². The van der Waals surface area contributed by atoms with Gasteiger partial charge in [0.2, 0.25) is 0 Å². The van der Waals surface area contributed by atoms with E-state index in [1.807, 2.05) is 6.07 Å². The van der Waals surface area contributed by atoms with Crippen molar-refractivity contribution < 1.29 is 9.90 Å². The Balaban J connectivity index is 2.00. The van der Waals surface area contributed by atoms with Crippen LogP contribution in [-0.4, -0.2) is 17.1 Å². The lowest BCUT2D eigenvalue weighted by atomic mass is 10.0. The number of carboxylic acid groups (broad SMARTS) is 1. The van der Waals surface area contributed by atoms with Gasteiger partial charge in [0.15, 0.2) is 0 Å². The first-order valence-corrected chi connectivity index (χ1v) is 6.32. The van der Waals surface area contributed by atoms with Gasteiger partial charge in [-0.1, -0.05) is 39.8 Å². The summed E-state index contributed by atoms with van der Waals surface area (Å²) in [7, 11) is 0. The first kappa shape index (κ1) is 13.1. The van der Waals surface area contributed by atoms with Gasteiger partial charge in [-0.15, -0.1) is 0 Å². The molecule has 0 unspecified atom stereocenters. The molecule has 0 aliphatic heterocycles. The SMILES string of the molecule is CC1(C)C(NCc2cccc(C(=O)O)c2)C1(C)C. The maximum absolute atomic E-state index is 10.9. The van der Waals surface area contributed by atoms with Crippen molar-refractivity contribution in [2.45, 2.75) is 40.3 Å². The zero-order chi connectivity index (χ0) is 13.6. The molecule has 3 heteroatoms. The molecule has 2 rings (SSSR count). The summed E-state index contributed by atoms with van der Waals surface area (Å²) in [6.07, 6.45) is 0. The third-order valence-corrected chi connectivity index (χ3v) is 4.70. The van der Waals surface area contributed by atoms with Gasteiger partial charge in [0.1, 0.15) is 0 Å². The quantitative estimate of drug-likeness (QED) is 0.860. The Hall–Kier alpha value is -1.35. The van der Waals surface area contributed by atoms with Gasteiger partial charge < -0.3 is 10.4 Å². The number of hydrogen-bond donors (Lipinski definition) is 2. The molecule has 18 heavy (non-hydrogen) atoms. The maximum Gasteiger partial charge on any atom is 0.335 e. The van der Waals surface area contributed by atoms with Crippen LogP contribution < -0.4 is 5.32 Å². The summed E-state index contributed by atoms with van der Waals surface area (Å²) in [4.78, 5) is 10.9. The van der Waals surface area contributed by atoms with Crippen molar-refractivity contribution in [1.29, 1.82) is 0 Å². The predicted molar refractivity (Wildman–Crippen MR) is 71.6 cm³/mol. The minimum Gasteiger partial charge on any atom is -0.478 e. The van der Waals surface area contributed by atoms with Gasteiger partial charge in [0.05, 0.1) is 5.56 Å². The van der Waals surface area contributed by atoms with Crippen molar-refractivity contribution >= 4 is 5.97 Å². The highest BCUT2D eigenvalue weighted by Crippen LogP contribution is 2.62. The van der Waals surface area contributed by atoms with E-state index in [1.54, 1.807) is 18.2 Å². The van der Waals surface area contributed by atoms with Gasteiger partial charge in [-0.2, -0.15) is 0 Å². The Morgan fingerprint density at radius 1 is 1.28 bits per heavy atom. The molecule has 0 amide bonds. The molecular formula is C15H21NO2. The van der Waals surface area contributed by atoms with E-state index in [0.717, 1.165) is 12.1 Å². The van der Waals surface area contributed by atoms with Crippen molar-refractivity contribution in [3.8, 4) is 0 Å². The molecule has 1 saturated carbocycles. The summed E-state index contributed by atoms with van der Waals surface area (Å²) >= 11 is 0. The molecule has 0 saturated heterocycles. The zero-order valence-corrected chi connectivity index (χ0v) is 11.4. The summed E-state index contributed by atoms with van der Waals surface area (Å²) < 4.78 is 0. The van der Waals surface area contributed by atoms with Crippen LogP contribution in [0.15, 0.2) is 24.3 Å². The summed E-state index contributed by atoms with van der Waals surface area (Å²) in [5, 5.41) is 12.5. The fourth-order valence-electron chi connectivity index (χ4n) is 2.74. The lowest BCUT2D eigenvalue weighted by Gasteiger charge is -2.07. The number of rotatable bonds is 4. The molecule has 1 aliphatic rings. The lowest BCUT2D eigenvalue weighted by Crippen LogP contribution is -2.21. The van der Waals surface area contributed by atoms with Crippen molar-refractivity contribution in [2.75, 3.05) is 0 Å². The van der Waals surface area contributed by atoms with E-state index >= 15 is 0 Å². The van der Waals surface area contributed by atoms with Crippen LogP contribution in [0.5, 0.6) is 0 Å². The van der Waals surface area contributed by atoms with Crippen molar-refractivity contribution in [3.05, 3.63) is 35.4 Å². The predicted octanol–water partition coefficient (Wildman–Crippen LogP) is 2.91. The molecule has 2 N–H and O–H groups in total. The Kier molecular flexibility index (Phi) is 2.98. The number of carbonyl (C=O) groups is 1. The van der Waals surface area contributed by atoms with E-state index in [2.05, 4.69) is 33.0 Å². The normalized spacial score (nSPS) is 20.7. The van der Waals surface area contributed by atoms with Crippen LogP contribution in [0.1, 0.15) is 43.6 Å². The number of carboxylic acids is 1. The van der Waals surface area contributed by atoms with Gasteiger partial charge >= 0.3 is 5.97 Å². The molecular weight excluding hydrogens is 226 g/mol. The van der Waals surface area contributed by atoms with E-state index in [-0.39, 0.29) is 0 Å². The van der Waals surface area contributed by atoms with Crippen LogP contribution in [-0.2, 0) is 6.54 Å². The average Bonchev–Trinajstić information content (AvgIpc) is 2.67. The molecule has 1 fully saturated rings. The van der Waals surface area contributed by atoms with Gasteiger partial charge in [0, 0.05) is 12.6 Å². The third-order valence-electron chi connectivity index (χ3n) is 4.70. The van der Waals surface area contributed by atoms with E-state index in [0.29, 0.717) is 22.4 Å². The molecule has 3 nitrogen and oxygen atoms in total. The van der Waals surface area contributed by atoms with E-state index in [9.17, 15) is 4.79 Å². The minimum atomic E-state index is -0.871. The Morgan fingerprint density at radius 3 is 2.39 bits per heavy atom. The topological polar surface area (TPSA) is 49.3 Å². The Labute approximate surface area is 108 Å². The van der Waals surface area contributed by atoms with Crippen LogP contribution in [0.25, 0.3) is 0 Å². The Morgan fingerprint density at radius 2 is 1.89 bits per heavy atom. The van der Waals surface area contributed by atoms with Gasteiger partial charge in [-0.3, -0.25) is 0 Å². The lowest BCUT2D eigenvalue weighted by molar-refractivity contribution is 0.0696. The van der Waals surface area contributed by atoms with Gasteiger partial charge in [-0.25, -0.2) is 4.79 Å². The highest BCUT2D eigenvalue weighted by atomic mass is 16.4. The average molecular weight is 247 g/mol. The number of hydrogen-bond acceptors (Lipinski definition) is 2. The fourth-order valence-corrected chi connectivity index (χ4v) is 2.74. The van der Waals surface area contributed by atoms with Crippen LogP contribution in [0.2, 0.25) is 0 Å². The van der Waals surface area contributed by atoms with Crippen molar-refractivity contribution in [2.24, 2.45) is 10.8 Å². The second kappa shape index (κ2) is 4.09. The standard InChI is InChI=1S/C15H21NO2/c1-14(2)13(15(14,3)4)16-9-10-6-5-7-11(8-10)12(17)18/h5-8,13,16H,9H2,1-4H3,(H,17,18). The first-order valence-electron chi connectivity index (χ1n) is 6.32. The molecule has 1 aromatic carbocycles. The summed E-state index contributed by atoms with van der Waals surface area (Å²) in [5.74, 6) is -0.871. The summed E-state index contributed by atoms with van der Waals surface area (Å²) in [6, 6.07) is 7.60. The zero-order valence-electron chi connectivity index (χ0n) is 11.4. The largest absolute Gasteiger partial charge is 0.478 e. The van der Waals surface area contributed by atoms with E-state index in [1.165, 1.54) is 0 Å². The molecule has 0 radical (unpaired) electrons. The fraction of sp³-hybridized carbons (Fsp3) is 0.533. The molecule has 0 heterocycles. The van der Waals surface area contributed by atoms with Crippen molar-refractivity contribution in [3.63, 3.8) is 0 Å². The van der Waals surface area contributed by atoms with Crippen LogP contribution in [0.3, 0.4) is 0 Å². The molecule has 0 aromatic heterocycles. The van der Waals surface area contributed by atoms with Gasteiger partial charge in [-0.05, 0) is 28.5 Å². The van der Waals surface area contributed by atoms with E-state index in [4.69, 9.17) is 5.11 Å². The van der Waals surface area contributed by atoms with Crippen molar-refractivity contribution in [1.82, 2.24) is 5.32 Å². The highest BCUT2D eigenvalue weighted by molar-refractivity contribution is 5.87. The molecule has 98 valence electrons. The summed E-state index contributed by atoms with van der Waals surface area (Å²) in [5.41, 5.74) is 1.98. The molecule has 1 aliphatic carbocycles. The third kappa shape index (κ3) is 2.03. The Bertz CT molecular complexity index is 463.